The van der Waals surface area contributed by atoms with Crippen LogP contribution in [0.4, 0.5) is 11.4 Å². The number of halogens is 1. The number of hydrogen-bond acceptors (Lipinski definition) is 5. The lowest BCUT2D eigenvalue weighted by Crippen LogP contribution is -2.50. The fourth-order valence-corrected chi connectivity index (χ4v) is 3.11. The van der Waals surface area contributed by atoms with Crippen molar-refractivity contribution in [2.45, 2.75) is 0 Å². The molecule has 1 aromatic carbocycles. The second-order valence-electron chi connectivity index (χ2n) is 4.32. The Kier molecular flexibility index (Phi) is 4.28. The van der Waals surface area contributed by atoms with Crippen molar-refractivity contribution in [3.05, 3.63) is 32.8 Å². The summed E-state index contributed by atoms with van der Waals surface area (Å²) in [6.45, 7) is 1.15. The molecule has 20 heavy (non-hydrogen) atoms. The van der Waals surface area contributed by atoms with Crippen LogP contribution >= 0.6 is 15.9 Å². The monoisotopic (exact) mass is 364 g/mol. The van der Waals surface area contributed by atoms with Crippen molar-refractivity contribution in [1.29, 1.82) is 0 Å². The Morgan fingerprint density at radius 3 is 2.35 bits per heavy atom. The zero-order valence-electron chi connectivity index (χ0n) is 10.4. The quantitative estimate of drug-likeness (QED) is 0.626. The van der Waals surface area contributed by atoms with Gasteiger partial charge in [0.15, 0.2) is 0 Å². The first kappa shape index (κ1) is 15.2. The molecule has 1 saturated heterocycles. The topological polar surface area (TPSA) is 110 Å². The lowest BCUT2D eigenvalue weighted by molar-refractivity contribution is -0.384. The van der Waals surface area contributed by atoms with Gasteiger partial charge in [-0.25, -0.2) is 5.14 Å². The minimum atomic E-state index is -3.70. The van der Waals surface area contributed by atoms with Crippen molar-refractivity contribution in [1.82, 2.24) is 4.31 Å². The van der Waals surface area contributed by atoms with Crippen LogP contribution in [0.15, 0.2) is 22.7 Å². The van der Waals surface area contributed by atoms with Gasteiger partial charge in [-0.1, -0.05) is 15.9 Å². The van der Waals surface area contributed by atoms with Crippen LogP contribution in [0.2, 0.25) is 0 Å². The first-order valence-electron chi connectivity index (χ1n) is 5.76. The average molecular weight is 365 g/mol. The number of rotatable bonds is 3. The van der Waals surface area contributed by atoms with Crippen molar-refractivity contribution in [3.63, 3.8) is 0 Å². The molecule has 2 rings (SSSR count). The zero-order valence-corrected chi connectivity index (χ0v) is 12.8. The molecule has 0 radical (unpaired) electrons. The van der Waals surface area contributed by atoms with Crippen LogP contribution in [0.25, 0.3) is 0 Å². The van der Waals surface area contributed by atoms with E-state index in [0.717, 1.165) is 4.31 Å². The Bertz CT molecular complexity index is 628. The van der Waals surface area contributed by atoms with Crippen molar-refractivity contribution in [2.24, 2.45) is 5.14 Å². The summed E-state index contributed by atoms with van der Waals surface area (Å²) < 4.78 is 24.2. The zero-order chi connectivity index (χ0) is 14.9. The average Bonchev–Trinajstić information content (AvgIpc) is 2.37. The van der Waals surface area contributed by atoms with E-state index in [0.29, 0.717) is 23.2 Å². The molecule has 10 heteroatoms. The lowest BCUT2D eigenvalue weighted by atomic mass is 10.2. The first-order chi connectivity index (χ1) is 9.29. The van der Waals surface area contributed by atoms with Gasteiger partial charge in [0.25, 0.3) is 15.9 Å². The number of piperazine rings is 1. The number of nitrogens with two attached hydrogens (primary N) is 1. The van der Waals surface area contributed by atoms with Gasteiger partial charge in [0.1, 0.15) is 5.69 Å². The second kappa shape index (κ2) is 5.64. The number of nitrogens with zero attached hydrogens (tertiary/aromatic N) is 3. The van der Waals surface area contributed by atoms with Gasteiger partial charge in [0, 0.05) is 36.7 Å². The first-order valence-corrected chi connectivity index (χ1v) is 8.05. The van der Waals surface area contributed by atoms with Gasteiger partial charge in [0.05, 0.1) is 4.92 Å². The Hall–Kier alpha value is -1.23. The molecule has 0 spiro atoms. The molecule has 0 aromatic heterocycles. The molecule has 0 saturated carbocycles. The van der Waals surface area contributed by atoms with Gasteiger partial charge in [-0.3, -0.25) is 10.1 Å². The Labute approximate surface area is 124 Å². The number of nitro benzene ring substituents is 1. The molecular weight excluding hydrogens is 352 g/mol. The van der Waals surface area contributed by atoms with E-state index in [2.05, 4.69) is 15.9 Å². The van der Waals surface area contributed by atoms with Crippen LogP contribution in [0.5, 0.6) is 0 Å². The third kappa shape index (κ3) is 3.26. The smallest absolute Gasteiger partial charge is 0.293 e. The minimum Gasteiger partial charge on any atom is -0.363 e. The summed E-state index contributed by atoms with van der Waals surface area (Å²) in [7, 11) is -3.70. The molecule has 1 fully saturated rings. The third-order valence-corrected chi connectivity index (χ3v) is 4.65. The van der Waals surface area contributed by atoms with Gasteiger partial charge < -0.3 is 4.90 Å². The molecule has 1 heterocycles. The van der Waals surface area contributed by atoms with Crippen molar-refractivity contribution in [3.8, 4) is 0 Å². The molecular formula is C10H13BrN4O4S. The van der Waals surface area contributed by atoms with Crippen LogP contribution in [0.1, 0.15) is 0 Å². The van der Waals surface area contributed by atoms with E-state index >= 15 is 0 Å². The van der Waals surface area contributed by atoms with Crippen LogP contribution in [-0.4, -0.2) is 43.8 Å². The summed E-state index contributed by atoms with van der Waals surface area (Å²) in [4.78, 5) is 12.4. The van der Waals surface area contributed by atoms with Gasteiger partial charge in [-0.2, -0.15) is 12.7 Å². The molecule has 0 atom stereocenters. The van der Waals surface area contributed by atoms with Crippen molar-refractivity contribution < 1.29 is 13.3 Å². The summed E-state index contributed by atoms with van der Waals surface area (Å²) >= 11 is 3.20. The fourth-order valence-electron chi connectivity index (χ4n) is 2.09. The summed E-state index contributed by atoms with van der Waals surface area (Å²) in [5.74, 6) is 0. The Morgan fingerprint density at radius 1 is 1.25 bits per heavy atom. The summed E-state index contributed by atoms with van der Waals surface area (Å²) in [6, 6.07) is 4.80. The summed E-state index contributed by atoms with van der Waals surface area (Å²) in [5.41, 5.74) is 0.468. The van der Waals surface area contributed by atoms with E-state index in [1.807, 2.05) is 0 Å². The molecule has 0 bridgehead atoms. The Morgan fingerprint density at radius 2 is 1.85 bits per heavy atom. The van der Waals surface area contributed by atoms with Crippen LogP contribution < -0.4 is 10.0 Å². The van der Waals surface area contributed by atoms with E-state index in [-0.39, 0.29) is 18.8 Å². The molecule has 0 unspecified atom stereocenters. The highest BCUT2D eigenvalue weighted by molar-refractivity contribution is 9.10. The van der Waals surface area contributed by atoms with E-state index in [1.54, 1.807) is 17.0 Å². The van der Waals surface area contributed by atoms with Gasteiger partial charge in [0.2, 0.25) is 0 Å². The highest BCUT2D eigenvalue weighted by atomic mass is 79.9. The fraction of sp³-hybridized carbons (Fsp3) is 0.400. The van der Waals surface area contributed by atoms with Crippen LogP contribution in [0.3, 0.4) is 0 Å². The maximum Gasteiger partial charge on any atom is 0.293 e. The predicted octanol–water partition coefficient (Wildman–Crippen LogP) is 0.683. The van der Waals surface area contributed by atoms with E-state index < -0.39 is 15.1 Å². The highest BCUT2D eigenvalue weighted by Gasteiger charge is 2.27. The maximum absolute atomic E-state index is 11.2. The molecule has 8 nitrogen and oxygen atoms in total. The standard InChI is InChI=1S/C10H13BrN4O4S/c11-8-1-2-9(10(7-8)15(16)17)13-3-5-14(6-4-13)20(12,18)19/h1-2,7H,3-6H2,(H2,12,18,19). The SMILES string of the molecule is NS(=O)(=O)N1CCN(c2ccc(Br)cc2[N+](=O)[O-])CC1. The predicted molar refractivity (Wildman–Crippen MR) is 77.7 cm³/mol. The van der Waals surface area contributed by atoms with Crippen molar-refractivity contribution >= 4 is 37.5 Å². The third-order valence-electron chi connectivity index (χ3n) is 3.07. The summed E-state index contributed by atoms with van der Waals surface area (Å²) in [6.07, 6.45) is 0. The Balaban J connectivity index is 2.21. The number of nitro groups is 1. The number of benzene rings is 1. The van der Waals surface area contributed by atoms with E-state index in [4.69, 9.17) is 5.14 Å². The molecule has 1 aliphatic heterocycles. The maximum atomic E-state index is 11.2. The number of hydrogen-bond donors (Lipinski definition) is 1. The van der Waals surface area contributed by atoms with E-state index in [9.17, 15) is 18.5 Å². The lowest BCUT2D eigenvalue weighted by Gasteiger charge is -2.34. The van der Waals surface area contributed by atoms with Crippen LogP contribution in [0, 0.1) is 10.1 Å². The molecule has 110 valence electrons. The van der Waals surface area contributed by atoms with Gasteiger partial charge >= 0.3 is 0 Å². The summed E-state index contributed by atoms with van der Waals surface area (Å²) in [5, 5.41) is 16.1. The van der Waals surface area contributed by atoms with Crippen molar-refractivity contribution in [2.75, 3.05) is 31.1 Å². The molecule has 1 aromatic rings. The second-order valence-corrected chi connectivity index (χ2v) is 6.78. The molecule has 2 N–H and O–H groups in total. The van der Waals surface area contributed by atoms with Crippen LogP contribution in [-0.2, 0) is 10.2 Å². The van der Waals surface area contributed by atoms with Gasteiger partial charge in [-0.05, 0) is 12.1 Å². The molecule has 0 amide bonds. The van der Waals surface area contributed by atoms with E-state index in [1.165, 1.54) is 6.07 Å². The minimum absolute atomic E-state index is 0.0107. The number of anilines is 1. The van der Waals surface area contributed by atoms with Gasteiger partial charge in [-0.15, -0.1) is 0 Å². The largest absolute Gasteiger partial charge is 0.363 e. The normalized spacial score (nSPS) is 17.2. The molecule has 1 aliphatic rings. The highest BCUT2D eigenvalue weighted by Crippen LogP contribution is 2.31. The molecule has 0 aliphatic carbocycles.